The fourth-order valence-electron chi connectivity index (χ4n) is 2.92. The Balaban J connectivity index is 3.10. The lowest BCUT2D eigenvalue weighted by atomic mass is 10.0. The molecule has 0 saturated carbocycles. The van der Waals surface area contributed by atoms with Crippen molar-refractivity contribution in [3.63, 3.8) is 0 Å². The van der Waals surface area contributed by atoms with Crippen LogP contribution in [0.15, 0.2) is 12.3 Å². The smallest absolute Gasteiger partial charge is 0.310 e. The third kappa shape index (κ3) is 19.3. The van der Waals surface area contributed by atoms with E-state index in [-0.39, 0.29) is 5.97 Å². The zero-order chi connectivity index (χ0) is 17.7. The average Bonchev–Trinajstić information content (AvgIpc) is 2.58. The van der Waals surface area contributed by atoms with E-state index in [0.29, 0.717) is 6.42 Å². The topological polar surface area (TPSA) is 26.3 Å². The number of hydrogen-bond donors (Lipinski definition) is 0. The van der Waals surface area contributed by atoms with E-state index in [1.54, 1.807) is 0 Å². The molecule has 0 rings (SSSR count). The number of carbonyl (C=O) groups is 1. The third-order valence-electron chi connectivity index (χ3n) is 4.52. The molecule has 0 heterocycles. The Morgan fingerprint density at radius 3 is 1.50 bits per heavy atom. The van der Waals surface area contributed by atoms with E-state index in [1.165, 1.54) is 89.7 Å². The van der Waals surface area contributed by atoms with Gasteiger partial charge in [0.05, 0.1) is 6.26 Å². The third-order valence-corrected chi connectivity index (χ3v) is 4.52. The van der Waals surface area contributed by atoms with E-state index >= 15 is 0 Å². The minimum atomic E-state index is -0.0885. The summed E-state index contributed by atoms with van der Waals surface area (Å²) in [4.78, 5) is 11.4. The molecule has 0 aromatic heterocycles. The van der Waals surface area contributed by atoms with Crippen LogP contribution in [0.25, 0.3) is 0 Å². The second-order valence-electron chi connectivity index (χ2n) is 6.97. The van der Waals surface area contributed by atoms with Gasteiger partial charge in [-0.25, -0.2) is 0 Å². The fourth-order valence-corrected chi connectivity index (χ4v) is 2.92. The molecule has 0 N–H and O–H groups in total. The predicted octanol–water partition coefficient (Wildman–Crippen LogP) is 7.71. The Bertz CT molecular complexity index is 284. The molecule has 0 aliphatic heterocycles. The van der Waals surface area contributed by atoms with Crippen molar-refractivity contribution in [1.29, 1.82) is 0 Å². The number of carbonyl (C=O) groups excluding carboxylic acids is 1. The molecule has 0 fully saturated rings. The summed E-state index contributed by atoms with van der Waals surface area (Å²) in [6, 6.07) is 0. The first-order chi connectivity index (χ1) is 11.8. The van der Waals surface area contributed by atoms with E-state index in [4.69, 9.17) is 4.74 Å². The summed E-state index contributed by atoms with van der Waals surface area (Å²) in [6.45, 7) is 4.30. The molecule has 0 aliphatic carbocycles. The van der Waals surface area contributed by atoms with Crippen molar-refractivity contribution in [3.05, 3.63) is 12.3 Å². The van der Waals surface area contributed by atoms with Crippen molar-refractivity contribution >= 4 is 5.97 Å². The number of ether oxygens (including phenoxy) is 1. The van der Waals surface area contributed by atoms with Gasteiger partial charge in [-0.2, -0.15) is 0 Å². The molecule has 0 aromatic carbocycles. The van der Waals surface area contributed by atoms with E-state index in [2.05, 4.69) is 6.92 Å². The lowest BCUT2D eigenvalue weighted by molar-refractivity contribution is -0.138. The molecule has 142 valence electrons. The molecule has 24 heavy (non-hydrogen) atoms. The lowest BCUT2D eigenvalue weighted by Gasteiger charge is -2.03. The minimum absolute atomic E-state index is 0.0885. The average molecular weight is 339 g/mol. The van der Waals surface area contributed by atoms with Gasteiger partial charge >= 0.3 is 5.97 Å². The molecule has 0 spiro atoms. The second kappa shape index (κ2) is 20.3. The molecule has 0 radical (unpaired) electrons. The first kappa shape index (κ1) is 23.2. The molecule has 0 amide bonds. The van der Waals surface area contributed by atoms with Crippen LogP contribution in [0.4, 0.5) is 0 Å². The van der Waals surface area contributed by atoms with Crippen LogP contribution < -0.4 is 0 Å². The van der Waals surface area contributed by atoms with Gasteiger partial charge in [0.2, 0.25) is 0 Å². The zero-order valence-corrected chi connectivity index (χ0v) is 16.5. The van der Waals surface area contributed by atoms with Crippen molar-refractivity contribution in [1.82, 2.24) is 0 Å². The number of rotatable bonds is 18. The van der Waals surface area contributed by atoms with Crippen LogP contribution in [-0.2, 0) is 9.53 Å². The van der Waals surface area contributed by atoms with Gasteiger partial charge < -0.3 is 4.74 Å². The Hall–Kier alpha value is -0.790. The Morgan fingerprint density at radius 1 is 0.667 bits per heavy atom. The summed E-state index contributed by atoms with van der Waals surface area (Å²) in [5.74, 6) is -0.0885. The summed E-state index contributed by atoms with van der Waals surface area (Å²) >= 11 is 0. The maximum absolute atomic E-state index is 11.4. The molecule has 0 bridgehead atoms. The van der Waals surface area contributed by atoms with Crippen molar-refractivity contribution in [3.8, 4) is 0 Å². The molecule has 0 aliphatic rings. The van der Waals surface area contributed by atoms with Gasteiger partial charge in [0.15, 0.2) is 0 Å². The van der Waals surface area contributed by atoms with E-state index in [1.807, 2.05) is 13.0 Å². The minimum Gasteiger partial charge on any atom is -0.435 e. The highest BCUT2D eigenvalue weighted by atomic mass is 16.5. The van der Waals surface area contributed by atoms with Crippen molar-refractivity contribution < 1.29 is 9.53 Å². The van der Waals surface area contributed by atoms with Crippen molar-refractivity contribution in [2.24, 2.45) is 0 Å². The first-order valence-electron chi connectivity index (χ1n) is 10.7. The highest BCUT2D eigenvalue weighted by Crippen LogP contribution is 2.13. The molecular weight excluding hydrogens is 296 g/mol. The maximum atomic E-state index is 11.4. The maximum Gasteiger partial charge on any atom is 0.310 e. The van der Waals surface area contributed by atoms with Crippen LogP contribution in [-0.4, -0.2) is 5.97 Å². The van der Waals surface area contributed by atoms with Crippen LogP contribution >= 0.6 is 0 Å². The predicted molar refractivity (Wildman–Crippen MR) is 105 cm³/mol. The normalized spacial score (nSPS) is 11.2. The van der Waals surface area contributed by atoms with Gasteiger partial charge in [-0.05, 0) is 18.9 Å². The molecule has 0 atom stereocenters. The van der Waals surface area contributed by atoms with Crippen molar-refractivity contribution in [2.75, 3.05) is 0 Å². The number of esters is 1. The first-order valence-corrected chi connectivity index (χ1v) is 10.7. The molecule has 2 nitrogen and oxygen atoms in total. The Labute approximate surface area is 151 Å². The summed E-state index contributed by atoms with van der Waals surface area (Å²) in [5.41, 5.74) is 0. The SMILES string of the molecule is CC/C=C/OC(=O)CCCCCCCCCCCCCCCCC. The molecule has 0 unspecified atom stereocenters. The monoisotopic (exact) mass is 338 g/mol. The highest BCUT2D eigenvalue weighted by molar-refractivity contribution is 5.69. The molecule has 0 aromatic rings. The summed E-state index contributed by atoms with van der Waals surface area (Å²) in [7, 11) is 0. The molecular formula is C22H42O2. The van der Waals surface area contributed by atoms with Crippen LogP contribution in [0.2, 0.25) is 0 Å². The number of allylic oxidation sites excluding steroid dienone is 1. The van der Waals surface area contributed by atoms with Gasteiger partial charge in [0, 0.05) is 6.42 Å². The number of hydrogen-bond acceptors (Lipinski definition) is 2. The highest BCUT2D eigenvalue weighted by Gasteiger charge is 2.00. The van der Waals surface area contributed by atoms with Crippen LogP contribution in [0.5, 0.6) is 0 Å². The van der Waals surface area contributed by atoms with Gasteiger partial charge in [-0.15, -0.1) is 0 Å². The van der Waals surface area contributed by atoms with Gasteiger partial charge in [-0.1, -0.05) is 104 Å². The summed E-state index contributed by atoms with van der Waals surface area (Å²) in [5, 5.41) is 0. The number of unbranched alkanes of at least 4 members (excludes halogenated alkanes) is 14. The summed E-state index contributed by atoms with van der Waals surface area (Å²) in [6.07, 6.45) is 25.1. The summed E-state index contributed by atoms with van der Waals surface area (Å²) < 4.78 is 4.98. The van der Waals surface area contributed by atoms with E-state index < -0.39 is 0 Å². The van der Waals surface area contributed by atoms with Crippen LogP contribution in [0.1, 0.15) is 123 Å². The standard InChI is InChI=1S/C22H42O2/c1-3-5-7-8-9-10-11-12-13-14-15-16-17-18-19-20-22(23)24-21-6-4-2/h6,21H,3-5,7-20H2,1-2H3/b21-6+. The molecule has 0 saturated heterocycles. The van der Waals surface area contributed by atoms with Crippen LogP contribution in [0, 0.1) is 0 Å². The largest absolute Gasteiger partial charge is 0.435 e. The van der Waals surface area contributed by atoms with Gasteiger partial charge in [0.25, 0.3) is 0 Å². The van der Waals surface area contributed by atoms with Crippen molar-refractivity contribution in [2.45, 2.75) is 123 Å². The van der Waals surface area contributed by atoms with E-state index in [0.717, 1.165) is 19.3 Å². The lowest BCUT2D eigenvalue weighted by Crippen LogP contribution is -1.98. The van der Waals surface area contributed by atoms with Gasteiger partial charge in [-0.3, -0.25) is 4.79 Å². The Kier molecular flexibility index (Phi) is 19.6. The second-order valence-corrected chi connectivity index (χ2v) is 6.97. The zero-order valence-electron chi connectivity index (χ0n) is 16.5. The Morgan fingerprint density at radius 2 is 1.08 bits per heavy atom. The quantitative estimate of drug-likeness (QED) is 0.145. The molecule has 2 heteroatoms. The van der Waals surface area contributed by atoms with Gasteiger partial charge in [0.1, 0.15) is 0 Å². The van der Waals surface area contributed by atoms with Crippen LogP contribution in [0.3, 0.4) is 0 Å². The van der Waals surface area contributed by atoms with E-state index in [9.17, 15) is 4.79 Å². The fraction of sp³-hybridized carbons (Fsp3) is 0.864.